The highest BCUT2D eigenvalue weighted by Gasteiger charge is 2.25. The molecule has 0 radical (unpaired) electrons. The number of aryl methyl sites for hydroxylation is 1. The fraction of sp³-hybridized carbons (Fsp3) is 0.500. The maximum Gasteiger partial charge on any atom is 0.277 e. The summed E-state index contributed by atoms with van der Waals surface area (Å²) in [6.45, 7) is 1.33. The normalized spacial score (nSPS) is 16.7. The molecule has 6 nitrogen and oxygen atoms in total. The molecule has 1 amide bonds. The third-order valence-electron chi connectivity index (χ3n) is 3.72. The van der Waals surface area contributed by atoms with Crippen molar-refractivity contribution in [1.29, 1.82) is 0 Å². The van der Waals surface area contributed by atoms with Crippen LogP contribution in [-0.2, 0) is 21.4 Å². The highest BCUT2D eigenvalue weighted by atomic mass is 35.5. The Labute approximate surface area is 136 Å². The monoisotopic (exact) mass is 345 g/mol. The van der Waals surface area contributed by atoms with E-state index in [1.54, 1.807) is 4.90 Å². The van der Waals surface area contributed by atoms with E-state index < -0.39 is 10.2 Å². The number of hydrogen-bond acceptors (Lipinski definition) is 3. The van der Waals surface area contributed by atoms with E-state index in [4.69, 9.17) is 16.7 Å². The zero-order valence-electron chi connectivity index (χ0n) is 12.2. The Kier molecular flexibility index (Phi) is 5.80. The van der Waals surface area contributed by atoms with E-state index in [1.165, 1.54) is 4.31 Å². The molecule has 8 heteroatoms. The summed E-state index contributed by atoms with van der Waals surface area (Å²) >= 11 is 5.83. The lowest BCUT2D eigenvalue weighted by molar-refractivity contribution is -0.132. The lowest BCUT2D eigenvalue weighted by Gasteiger charge is -2.33. The molecule has 1 aromatic rings. The maximum absolute atomic E-state index is 12.1. The average Bonchev–Trinajstić information content (AvgIpc) is 2.48. The van der Waals surface area contributed by atoms with Crippen LogP contribution >= 0.6 is 11.6 Å². The van der Waals surface area contributed by atoms with Crippen molar-refractivity contribution in [1.82, 2.24) is 9.21 Å². The molecule has 1 heterocycles. The quantitative estimate of drug-likeness (QED) is 0.864. The van der Waals surface area contributed by atoms with Crippen molar-refractivity contribution >= 4 is 27.7 Å². The molecule has 1 aliphatic heterocycles. The summed E-state index contributed by atoms with van der Waals surface area (Å²) in [5.41, 5.74) is 1.15. The van der Waals surface area contributed by atoms with Crippen LogP contribution in [0.1, 0.15) is 18.4 Å². The molecule has 0 atom stereocenters. The van der Waals surface area contributed by atoms with Crippen LogP contribution in [0.5, 0.6) is 0 Å². The van der Waals surface area contributed by atoms with Crippen LogP contribution in [0.2, 0.25) is 5.02 Å². The average molecular weight is 346 g/mol. The van der Waals surface area contributed by atoms with Gasteiger partial charge in [-0.15, -0.1) is 0 Å². The van der Waals surface area contributed by atoms with Crippen LogP contribution in [0.25, 0.3) is 0 Å². The first-order valence-electron chi connectivity index (χ1n) is 7.16. The Morgan fingerprint density at radius 2 is 1.73 bits per heavy atom. The van der Waals surface area contributed by atoms with Gasteiger partial charge in [0.1, 0.15) is 0 Å². The largest absolute Gasteiger partial charge is 0.340 e. The molecular formula is C14H20ClN3O3S. The van der Waals surface area contributed by atoms with E-state index in [0.717, 1.165) is 18.4 Å². The molecule has 1 aromatic carbocycles. The third kappa shape index (κ3) is 4.95. The fourth-order valence-electron chi connectivity index (χ4n) is 2.44. The maximum atomic E-state index is 12.1. The number of halogens is 1. The first-order chi connectivity index (χ1) is 10.4. The summed E-state index contributed by atoms with van der Waals surface area (Å²) in [4.78, 5) is 13.8. The Balaban J connectivity index is 1.73. The summed E-state index contributed by atoms with van der Waals surface area (Å²) in [5, 5.41) is 5.77. The number of nitrogens with two attached hydrogens (primary N) is 1. The highest BCUT2D eigenvalue weighted by Crippen LogP contribution is 2.13. The van der Waals surface area contributed by atoms with E-state index in [0.29, 0.717) is 24.5 Å². The summed E-state index contributed by atoms with van der Waals surface area (Å²) in [7, 11) is -3.65. The number of carbonyl (C=O) groups excluding carboxylic acids is 1. The first-order valence-corrected chi connectivity index (χ1v) is 9.04. The number of rotatable bonds is 5. The van der Waals surface area contributed by atoms with Gasteiger partial charge in [-0.05, 0) is 30.5 Å². The van der Waals surface area contributed by atoms with E-state index in [1.807, 2.05) is 24.3 Å². The molecule has 1 saturated heterocycles. The number of carbonyl (C=O) groups is 1. The van der Waals surface area contributed by atoms with Gasteiger partial charge in [0.15, 0.2) is 0 Å². The Morgan fingerprint density at radius 3 is 2.27 bits per heavy atom. The lowest BCUT2D eigenvalue weighted by atomic mass is 10.1. The van der Waals surface area contributed by atoms with Crippen molar-refractivity contribution in [2.24, 2.45) is 5.14 Å². The SMILES string of the molecule is NS(=O)(=O)N1CCN(C(=O)CCCc2ccc(Cl)cc2)CC1. The van der Waals surface area contributed by atoms with Gasteiger partial charge >= 0.3 is 0 Å². The molecule has 122 valence electrons. The standard InChI is InChI=1S/C14H20ClN3O3S/c15-13-6-4-12(5-7-13)2-1-3-14(19)17-8-10-18(11-9-17)22(16,20)21/h4-7H,1-3,8-11H2,(H2,16,20,21). The van der Waals surface area contributed by atoms with Gasteiger partial charge in [-0.2, -0.15) is 12.7 Å². The van der Waals surface area contributed by atoms with Gasteiger partial charge in [0.05, 0.1) is 0 Å². The van der Waals surface area contributed by atoms with Crippen molar-refractivity contribution in [2.75, 3.05) is 26.2 Å². The predicted molar refractivity (Wildman–Crippen MR) is 85.7 cm³/mol. The molecule has 2 rings (SSSR count). The van der Waals surface area contributed by atoms with E-state index >= 15 is 0 Å². The van der Waals surface area contributed by atoms with Crippen LogP contribution in [0, 0.1) is 0 Å². The molecule has 1 fully saturated rings. The van der Waals surface area contributed by atoms with Gasteiger partial charge in [0.25, 0.3) is 10.2 Å². The minimum absolute atomic E-state index is 0.0584. The van der Waals surface area contributed by atoms with Gasteiger partial charge in [0, 0.05) is 37.6 Å². The fourth-order valence-corrected chi connectivity index (χ4v) is 3.24. The zero-order valence-corrected chi connectivity index (χ0v) is 13.8. The van der Waals surface area contributed by atoms with Gasteiger partial charge in [0.2, 0.25) is 5.91 Å². The molecule has 0 spiro atoms. The van der Waals surface area contributed by atoms with Crippen LogP contribution in [0.4, 0.5) is 0 Å². The second-order valence-corrected chi connectivity index (χ2v) is 7.29. The summed E-state index contributed by atoms with van der Waals surface area (Å²) < 4.78 is 23.6. The number of hydrogen-bond donors (Lipinski definition) is 1. The Hall–Kier alpha value is -1.15. The second-order valence-electron chi connectivity index (χ2n) is 5.30. The van der Waals surface area contributed by atoms with Crippen molar-refractivity contribution in [2.45, 2.75) is 19.3 Å². The van der Waals surface area contributed by atoms with Gasteiger partial charge < -0.3 is 4.90 Å². The number of nitrogens with zero attached hydrogens (tertiary/aromatic N) is 2. The summed E-state index contributed by atoms with van der Waals surface area (Å²) in [5.74, 6) is 0.0584. The molecule has 0 saturated carbocycles. The molecule has 1 aliphatic rings. The van der Waals surface area contributed by atoms with Gasteiger partial charge in [-0.25, -0.2) is 5.14 Å². The van der Waals surface area contributed by atoms with Crippen LogP contribution < -0.4 is 5.14 Å². The van der Waals surface area contributed by atoms with Crippen molar-refractivity contribution in [3.63, 3.8) is 0 Å². The van der Waals surface area contributed by atoms with Crippen LogP contribution in [-0.4, -0.2) is 49.7 Å². The molecule has 0 aliphatic carbocycles. The molecule has 2 N–H and O–H groups in total. The first kappa shape index (κ1) is 17.2. The minimum Gasteiger partial charge on any atom is -0.340 e. The lowest BCUT2D eigenvalue weighted by Crippen LogP contribution is -2.52. The second kappa shape index (κ2) is 7.41. The predicted octanol–water partition coefficient (Wildman–Crippen LogP) is 1.01. The minimum atomic E-state index is -3.65. The van der Waals surface area contributed by atoms with Gasteiger partial charge in [-0.3, -0.25) is 4.79 Å². The highest BCUT2D eigenvalue weighted by molar-refractivity contribution is 7.86. The molecule has 22 heavy (non-hydrogen) atoms. The van der Waals surface area contributed by atoms with E-state index in [-0.39, 0.29) is 19.0 Å². The van der Waals surface area contributed by atoms with Crippen molar-refractivity contribution in [3.05, 3.63) is 34.9 Å². The molecule has 0 aromatic heterocycles. The molecular weight excluding hydrogens is 326 g/mol. The zero-order chi connectivity index (χ0) is 16.2. The van der Waals surface area contributed by atoms with E-state index in [2.05, 4.69) is 0 Å². The number of amides is 1. The summed E-state index contributed by atoms with van der Waals surface area (Å²) in [6, 6.07) is 7.59. The molecule has 0 unspecified atom stereocenters. The van der Waals surface area contributed by atoms with Crippen LogP contribution in [0.3, 0.4) is 0 Å². The van der Waals surface area contributed by atoms with Crippen LogP contribution in [0.15, 0.2) is 24.3 Å². The Morgan fingerprint density at radius 1 is 1.14 bits per heavy atom. The van der Waals surface area contributed by atoms with Crippen molar-refractivity contribution in [3.8, 4) is 0 Å². The third-order valence-corrected chi connectivity index (χ3v) is 5.06. The van der Waals surface area contributed by atoms with E-state index in [9.17, 15) is 13.2 Å². The summed E-state index contributed by atoms with van der Waals surface area (Å²) in [6.07, 6.45) is 2.04. The topological polar surface area (TPSA) is 83.7 Å². The van der Waals surface area contributed by atoms with Crippen molar-refractivity contribution < 1.29 is 13.2 Å². The smallest absolute Gasteiger partial charge is 0.277 e. The number of piperazine rings is 1. The molecule has 0 bridgehead atoms. The van der Waals surface area contributed by atoms with Gasteiger partial charge in [-0.1, -0.05) is 23.7 Å². The Bertz CT molecular complexity index is 611. The number of benzene rings is 1.